The van der Waals surface area contributed by atoms with Gasteiger partial charge in [0, 0.05) is 28.4 Å². The van der Waals surface area contributed by atoms with E-state index in [2.05, 4.69) is 0 Å². The average molecular weight is 1370 g/mol. The van der Waals surface area contributed by atoms with Crippen molar-refractivity contribution in [3.63, 3.8) is 0 Å². The first-order valence-corrected chi connectivity index (χ1v) is 29.7. The highest BCUT2D eigenvalue weighted by atomic mass is 16.8. The van der Waals surface area contributed by atoms with Crippen molar-refractivity contribution in [3.8, 4) is 0 Å². The summed E-state index contributed by atoms with van der Waals surface area (Å²) < 4.78 is 107. The summed E-state index contributed by atoms with van der Waals surface area (Å²) in [5.74, 6) is 0. The van der Waals surface area contributed by atoms with Crippen LogP contribution in [0, 0.1) is 0 Å². The molecule has 1 unspecified atom stereocenters. The van der Waals surface area contributed by atoms with E-state index in [1.165, 1.54) is 28.4 Å². The molecule has 93 heavy (non-hydrogen) atoms. The van der Waals surface area contributed by atoms with Gasteiger partial charge in [-0.1, -0.05) is 0 Å². The van der Waals surface area contributed by atoms with E-state index in [9.17, 15) is 112 Å². The van der Waals surface area contributed by atoms with Crippen LogP contribution in [0.4, 0.5) is 0 Å². The average Bonchev–Trinajstić information content (AvgIpc) is 0.788. The smallest absolute Gasteiger partial charge is 0.187 e. The molecule has 41 heteroatoms. The summed E-state index contributed by atoms with van der Waals surface area (Å²) >= 11 is 0. The Morgan fingerprint density at radius 3 is 0.624 bits per heavy atom. The molecule has 0 aromatic rings. The lowest BCUT2D eigenvalue weighted by Gasteiger charge is -2.50. The highest BCUT2D eigenvalue weighted by Crippen LogP contribution is 2.39. The van der Waals surface area contributed by atoms with Crippen LogP contribution < -0.4 is 0 Å². The predicted octanol–water partition coefficient (Wildman–Crippen LogP) is -15.8. The van der Waals surface area contributed by atoms with Crippen LogP contribution in [0.2, 0.25) is 0 Å². The Labute approximate surface area is 528 Å². The second kappa shape index (κ2) is 34.1. The van der Waals surface area contributed by atoms with Gasteiger partial charge >= 0.3 is 0 Å². The minimum absolute atomic E-state index is 0.269. The minimum Gasteiger partial charge on any atom is -0.394 e. The maximum atomic E-state index is 11.6. The fraction of sp³-hybridized carbons (Fsp3) is 1.00. The van der Waals surface area contributed by atoms with E-state index in [4.69, 9.17) is 90.0 Å². The Bertz CT molecular complexity index is 2200. The minimum atomic E-state index is -2.19. The largest absolute Gasteiger partial charge is 0.394 e. The van der Waals surface area contributed by atoms with Crippen LogP contribution in [0.15, 0.2) is 0 Å². The fourth-order valence-electron chi connectivity index (χ4n) is 12.1. The van der Waals surface area contributed by atoms with Crippen molar-refractivity contribution in [2.45, 2.75) is 246 Å². The molecular weight excluding hydrogens is 1280 g/mol. The van der Waals surface area contributed by atoms with Crippen molar-refractivity contribution in [1.29, 1.82) is 0 Å². The summed E-state index contributed by atoms with van der Waals surface area (Å²) in [6, 6.07) is 0. The molecule has 8 rings (SSSR count). The Balaban J connectivity index is 0.871. The van der Waals surface area contributed by atoms with Gasteiger partial charge in [-0.05, 0) is 0 Å². The summed E-state index contributed by atoms with van der Waals surface area (Å²) in [7, 11) is 4.86. The number of methoxy groups -OCH3 is 4. The zero-order chi connectivity index (χ0) is 68.2. The molecule has 0 radical (unpaired) electrons. The zero-order valence-electron chi connectivity index (χ0n) is 50.3. The van der Waals surface area contributed by atoms with Gasteiger partial charge in [0.25, 0.3) is 0 Å². The summed E-state index contributed by atoms with van der Waals surface area (Å²) in [5, 5.41) is 240. The number of aliphatic hydroxyl groups is 22. The topological polar surface area (TPSA) is 620 Å². The molecule has 40 atom stereocenters. The number of ether oxygens (including phenoxy) is 19. The third-order valence-corrected chi connectivity index (χ3v) is 17.3. The first-order valence-electron chi connectivity index (χ1n) is 29.7. The lowest BCUT2D eigenvalue weighted by molar-refractivity contribution is -0.399. The number of rotatable bonds is 26. The van der Waals surface area contributed by atoms with Gasteiger partial charge in [0.2, 0.25) is 0 Å². The third kappa shape index (κ3) is 16.6. The summed E-state index contributed by atoms with van der Waals surface area (Å²) in [6.45, 7) is -5.49. The molecule has 0 spiro atoms. The Hall–Kier alpha value is -1.64. The van der Waals surface area contributed by atoms with Crippen molar-refractivity contribution in [2.24, 2.45) is 0 Å². The molecule has 0 aromatic heterocycles. The van der Waals surface area contributed by atoms with Gasteiger partial charge < -0.3 is 202 Å². The summed E-state index contributed by atoms with van der Waals surface area (Å²) in [6.07, 6.45) is -74.3. The monoisotopic (exact) mass is 1370 g/mol. The van der Waals surface area contributed by atoms with Gasteiger partial charge in [-0.2, -0.15) is 0 Å². The SMILES string of the molecule is COC[C@H]1O[C@H](O[C@H]2[C@H](O)[C@@H](O)[C@@H](O[C@H]3[C@H](O)[C@@H](O)[C@@H](O[C@H]4[C@H](O)[C@@H](O)[C@@H](O[C@H]5[C@H](O)[C@@H](O)[C@@H](O[C@H]6[C@H](O)[C@@H](O)[C@@H](O[C@H]7[C@H](O)[C@@H](O)[C@@H](O[C@H]8[C@H](O)[C@@H](O)C(O)O[C@@H]8CO)O[C@@H]7COC)O[C@@H]6CO)O[C@@H]5COC)O[C@@H]4CO)O[C@@H]3COC)O[C@@H]2CO)[C@H](O)[C@@H](O)[C@@H]1O. The van der Waals surface area contributed by atoms with E-state index in [1.54, 1.807) is 0 Å². The van der Waals surface area contributed by atoms with Crippen LogP contribution in [0.3, 0.4) is 0 Å². The van der Waals surface area contributed by atoms with Crippen molar-refractivity contribution < 1.29 is 202 Å². The molecule has 8 saturated heterocycles. The van der Waals surface area contributed by atoms with Gasteiger partial charge in [0.05, 0.1) is 52.9 Å². The standard InChI is InChI=1S/C52H90O41/c1-75-9-17-21(57)22(58)31(67)46(83-17)88-39-14(6-54)80-47(32(68)24(39)60)92-43-19(11-77-3)85-51(36(72)28(43)64)90-41-16(8-56)82-49(34(70)26(41)62)93-44-20(12-78-4)86-52(37(73)29(44)65)89-40-15(7-55)81-48(33(69)25(40)61)91-42-18(10-76-2)84-50(35(71)27(42)63)87-38-13(5-53)79-45(74)30(66)23(38)59/h13-74H,5-12H2,1-4H3/t13-,14-,15-,16-,17-,18-,19-,20-,21-,22+,23-,24-,25-,26-,27-,28-,29-,30-,31-,32-,33-,34-,35-,36-,37-,38-,39-,40-,41-,42-,43-,44-,45?,46-,47-,48-,49-,50-,51-,52-/m1/s1. The van der Waals surface area contributed by atoms with Crippen molar-refractivity contribution >= 4 is 0 Å². The first kappa shape index (κ1) is 77.1. The second-order valence-electron chi connectivity index (χ2n) is 23.5. The molecule has 8 aliphatic heterocycles. The molecule has 8 heterocycles. The molecule has 0 bridgehead atoms. The van der Waals surface area contributed by atoms with E-state index >= 15 is 0 Å². The normalized spacial score (nSPS) is 51.8. The number of hydrogen-bond donors (Lipinski definition) is 22. The Morgan fingerprint density at radius 1 is 0.204 bits per heavy atom. The van der Waals surface area contributed by atoms with Gasteiger partial charge in [-0.15, -0.1) is 0 Å². The zero-order valence-corrected chi connectivity index (χ0v) is 50.3. The summed E-state index contributed by atoms with van der Waals surface area (Å²) in [5.41, 5.74) is 0. The maximum Gasteiger partial charge on any atom is 0.187 e. The van der Waals surface area contributed by atoms with Crippen molar-refractivity contribution in [2.75, 3.05) is 81.3 Å². The van der Waals surface area contributed by atoms with Crippen LogP contribution >= 0.6 is 0 Å². The summed E-state index contributed by atoms with van der Waals surface area (Å²) in [4.78, 5) is 0. The Morgan fingerprint density at radius 2 is 0.387 bits per heavy atom. The highest BCUT2D eigenvalue weighted by Gasteiger charge is 2.59. The second-order valence-corrected chi connectivity index (χ2v) is 23.5. The molecular formula is C52H90O41. The van der Waals surface area contributed by atoms with E-state index in [-0.39, 0.29) is 6.61 Å². The highest BCUT2D eigenvalue weighted by molar-refractivity contribution is 5.02. The van der Waals surface area contributed by atoms with Gasteiger partial charge in [-0.25, -0.2) is 0 Å². The molecule has 8 aliphatic rings. The molecule has 0 saturated carbocycles. The molecule has 22 N–H and O–H groups in total. The van der Waals surface area contributed by atoms with E-state index in [1.807, 2.05) is 0 Å². The molecule has 544 valence electrons. The van der Waals surface area contributed by atoms with Crippen LogP contribution in [0.1, 0.15) is 0 Å². The molecule has 41 nitrogen and oxygen atoms in total. The molecule has 0 aromatic carbocycles. The van der Waals surface area contributed by atoms with Crippen molar-refractivity contribution in [1.82, 2.24) is 0 Å². The molecule has 0 amide bonds. The van der Waals surface area contributed by atoms with Crippen LogP contribution in [-0.4, -0.2) is 439 Å². The molecule has 0 aliphatic carbocycles. The lowest BCUT2D eigenvalue weighted by atomic mass is 9.95. The molecule has 8 fully saturated rings. The van der Waals surface area contributed by atoms with E-state index in [0.29, 0.717) is 0 Å². The van der Waals surface area contributed by atoms with Gasteiger partial charge in [0.15, 0.2) is 50.3 Å². The Kier molecular flexibility index (Phi) is 28.3. The van der Waals surface area contributed by atoms with Crippen molar-refractivity contribution in [3.05, 3.63) is 0 Å². The number of aliphatic hydroxyl groups excluding tert-OH is 22. The van der Waals surface area contributed by atoms with Crippen LogP contribution in [0.25, 0.3) is 0 Å². The van der Waals surface area contributed by atoms with Gasteiger partial charge in [0.1, 0.15) is 195 Å². The first-order chi connectivity index (χ1) is 44.2. The van der Waals surface area contributed by atoms with Crippen LogP contribution in [-0.2, 0) is 90.0 Å². The third-order valence-electron chi connectivity index (χ3n) is 17.3. The lowest BCUT2D eigenvalue weighted by Crippen LogP contribution is -2.68. The predicted molar refractivity (Wildman–Crippen MR) is 284 cm³/mol. The van der Waals surface area contributed by atoms with Gasteiger partial charge in [-0.3, -0.25) is 0 Å². The number of hydrogen-bond acceptors (Lipinski definition) is 41. The van der Waals surface area contributed by atoms with E-state index in [0.717, 1.165) is 0 Å². The quantitative estimate of drug-likeness (QED) is 0.0382. The van der Waals surface area contributed by atoms with Crippen LogP contribution in [0.5, 0.6) is 0 Å². The fourth-order valence-corrected chi connectivity index (χ4v) is 12.1. The maximum absolute atomic E-state index is 11.6. The van der Waals surface area contributed by atoms with E-state index < -0.39 is 292 Å².